The second-order valence-corrected chi connectivity index (χ2v) is 5.13. The van der Waals surface area contributed by atoms with Gasteiger partial charge in [0, 0.05) is 11.6 Å². The summed E-state index contributed by atoms with van der Waals surface area (Å²) in [6.07, 6.45) is 1.44. The minimum atomic E-state index is 0.199. The molecular weight excluding hydrogens is 290 g/mol. The van der Waals surface area contributed by atoms with E-state index in [1.165, 1.54) is 6.33 Å². The van der Waals surface area contributed by atoms with E-state index in [2.05, 4.69) is 15.3 Å². The van der Waals surface area contributed by atoms with Gasteiger partial charge in [-0.25, -0.2) is 9.97 Å². The maximum Gasteiger partial charge on any atom is 0.146 e. The van der Waals surface area contributed by atoms with Crippen LogP contribution in [-0.2, 0) is 0 Å². The summed E-state index contributed by atoms with van der Waals surface area (Å²) in [5.74, 6) is 2.26. The topological polar surface area (TPSA) is 56.3 Å². The van der Waals surface area contributed by atoms with Crippen LogP contribution >= 0.6 is 11.6 Å². The lowest BCUT2D eigenvalue weighted by molar-refractivity contribution is 0.395. The minimum absolute atomic E-state index is 0.199. The van der Waals surface area contributed by atoms with Crippen LogP contribution in [0.1, 0.15) is 25.3 Å². The normalized spacial score (nSPS) is 10.6. The van der Waals surface area contributed by atoms with E-state index < -0.39 is 0 Å². The Morgan fingerprint density at radius 1 is 1.14 bits per heavy atom. The molecule has 0 radical (unpaired) electrons. The van der Waals surface area contributed by atoms with Crippen LogP contribution in [-0.4, -0.2) is 24.2 Å². The molecule has 0 amide bonds. The Bertz CT molecular complexity index is 632. The number of hydrogen-bond donors (Lipinski definition) is 1. The van der Waals surface area contributed by atoms with Crippen molar-refractivity contribution in [3.63, 3.8) is 0 Å². The highest BCUT2D eigenvalue weighted by atomic mass is 35.5. The average molecular weight is 308 g/mol. The van der Waals surface area contributed by atoms with Gasteiger partial charge in [-0.3, -0.25) is 0 Å². The van der Waals surface area contributed by atoms with Crippen LogP contribution in [0.15, 0.2) is 24.5 Å². The molecule has 6 heteroatoms. The van der Waals surface area contributed by atoms with E-state index in [0.717, 1.165) is 17.0 Å². The van der Waals surface area contributed by atoms with Crippen molar-refractivity contribution in [1.82, 2.24) is 9.97 Å². The third-order valence-corrected chi connectivity index (χ3v) is 3.38. The molecule has 0 saturated heterocycles. The number of hydrogen-bond acceptors (Lipinski definition) is 5. The van der Waals surface area contributed by atoms with Gasteiger partial charge in [0.1, 0.15) is 28.8 Å². The van der Waals surface area contributed by atoms with E-state index in [1.807, 2.05) is 26.0 Å². The number of aromatic nitrogens is 2. The highest BCUT2D eigenvalue weighted by Crippen LogP contribution is 2.34. The van der Waals surface area contributed by atoms with Gasteiger partial charge in [-0.1, -0.05) is 25.4 Å². The van der Waals surface area contributed by atoms with Gasteiger partial charge in [-0.2, -0.15) is 0 Å². The fraction of sp³-hybridized carbons (Fsp3) is 0.333. The number of nitrogens with zero attached hydrogens (tertiary/aromatic N) is 2. The summed E-state index contributed by atoms with van der Waals surface area (Å²) in [5, 5.41) is 3.70. The zero-order valence-corrected chi connectivity index (χ0v) is 13.2. The van der Waals surface area contributed by atoms with Gasteiger partial charge >= 0.3 is 0 Å². The van der Waals surface area contributed by atoms with Crippen LogP contribution in [0.25, 0.3) is 0 Å². The van der Waals surface area contributed by atoms with Gasteiger partial charge in [0.2, 0.25) is 0 Å². The maximum absolute atomic E-state index is 6.17. The Kier molecular flexibility index (Phi) is 4.85. The molecule has 2 aromatic rings. The summed E-state index contributed by atoms with van der Waals surface area (Å²) in [5.41, 5.74) is 1.66. The number of nitrogens with one attached hydrogen (secondary N) is 1. The summed E-state index contributed by atoms with van der Waals surface area (Å²) < 4.78 is 10.6. The summed E-state index contributed by atoms with van der Waals surface area (Å²) in [6, 6.07) is 5.53. The van der Waals surface area contributed by atoms with E-state index >= 15 is 0 Å². The second kappa shape index (κ2) is 6.63. The smallest absolute Gasteiger partial charge is 0.146 e. The second-order valence-electron chi connectivity index (χ2n) is 4.77. The lowest BCUT2D eigenvalue weighted by Crippen LogP contribution is -2.04. The van der Waals surface area contributed by atoms with Crippen LogP contribution in [0.2, 0.25) is 5.15 Å². The standard InChI is InChI=1S/C15H18ClN3O2/c1-9(2)13-14(16)17-8-18-15(13)19-11-6-5-10(20-3)7-12(11)21-4/h5-9H,1-4H3,(H,17,18,19). The summed E-state index contributed by atoms with van der Waals surface area (Å²) in [7, 11) is 3.22. The molecule has 0 saturated carbocycles. The molecule has 0 spiro atoms. The van der Waals surface area contributed by atoms with E-state index in [1.54, 1.807) is 20.3 Å². The van der Waals surface area contributed by atoms with Crippen molar-refractivity contribution in [2.45, 2.75) is 19.8 Å². The zero-order chi connectivity index (χ0) is 15.4. The van der Waals surface area contributed by atoms with Crippen molar-refractivity contribution in [3.8, 4) is 11.5 Å². The van der Waals surface area contributed by atoms with Crippen LogP contribution < -0.4 is 14.8 Å². The monoisotopic (exact) mass is 307 g/mol. The first-order valence-electron chi connectivity index (χ1n) is 6.56. The number of ether oxygens (including phenoxy) is 2. The molecule has 0 bridgehead atoms. The number of halogens is 1. The van der Waals surface area contributed by atoms with E-state index in [4.69, 9.17) is 21.1 Å². The van der Waals surface area contributed by atoms with Gasteiger partial charge < -0.3 is 14.8 Å². The molecule has 112 valence electrons. The largest absolute Gasteiger partial charge is 0.497 e. The predicted octanol–water partition coefficient (Wildman–Crippen LogP) is 4.01. The fourth-order valence-electron chi connectivity index (χ4n) is 2.01. The molecule has 0 aliphatic carbocycles. The first-order valence-corrected chi connectivity index (χ1v) is 6.94. The first kappa shape index (κ1) is 15.4. The Labute approximate surface area is 129 Å². The summed E-state index contributed by atoms with van der Waals surface area (Å²) in [6.45, 7) is 4.09. The van der Waals surface area contributed by atoms with E-state index in [9.17, 15) is 0 Å². The van der Waals surface area contributed by atoms with Crippen LogP contribution in [0, 0.1) is 0 Å². The lowest BCUT2D eigenvalue weighted by Gasteiger charge is -2.16. The summed E-state index contributed by atoms with van der Waals surface area (Å²) >= 11 is 6.17. The molecule has 0 atom stereocenters. The molecule has 21 heavy (non-hydrogen) atoms. The zero-order valence-electron chi connectivity index (χ0n) is 12.5. The molecule has 0 fully saturated rings. The average Bonchev–Trinajstić information content (AvgIpc) is 2.47. The molecule has 0 aliphatic heterocycles. The molecule has 2 rings (SSSR count). The van der Waals surface area contributed by atoms with Gasteiger partial charge in [0.15, 0.2) is 0 Å². The van der Waals surface area contributed by atoms with Crippen molar-refractivity contribution >= 4 is 23.1 Å². The van der Waals surface area contributed by atoms with Crippen molar-refractivity contribution in [2.75, 3.05) is 19.5 Å². The molecule has 0 unspecified atom stereocenters. The number of methoxy groups -OCH3 is 2. The quantitative estimate of drug-likeness (QED) is 0.846. The molecular formula is C15H18ClN3O2. The van der Waals surface area contributed by atoms with Gasteiger partial charge in [-0.05, 0) is 18.1 Å². The van der Waals surface area contributed by atoms with E-state index in [-0.39, 0.29) is 5.92 Å². The minimum Gasteiger partial charge on any atom is -0.497 e. The molecule has 1 aromatic heterocycles. The van der Waals surface area contributed by atoms with Crippen molar-refractivity contribution in [3.05, 3.63) is 35.2 Å². The highest BCUT2D eigenvalue weighted by Gasteiger charge is 2.15. The Hall–Kier alpha value is -2.01. The number of anilines is 2. The van der Waals surface area contributed by atoms with Gasteiger partial charge in [0.25, 0.3) is 0 Å². The number of rotatable bonds is 5. The molecule has 5 nitrogen and oxygen atoms in total. The lowest BCUT2D eigenvalue weighted by atomic mass is 10.1. The van der Waals surface area contributed by atoms with E-state index in [0.29, 0.717) is 16.7 Å². The molecule has 1 heterocycles. The Morgan fingerprint density at radius 2 is 1.90 bits per heavy atom. The maximum atomic E-state index is 6.17. The van der Waals surface area contributed by atoms with Gasteiger partial charge in [-0.15, -0.1) is 0 Å². The predicted molar refractivity (Wildman–Crippen MR) is 84.0 cm³/mol. The fourth-order valence-corrected chi connectivity index (χ4v) is 2.37. The van der Waals surface area contributed by atoms with Gasteiger partial charge in [0.05, 0.1) is 19.9 Å². The van der Waals surface area contributed by atoms with Crippen molar-refractivity contribution in [1.29, 1.82) is 0 Å². The third kappa shape index (κ3) is 3.36. The molecule has 1 N–H and O–H groups in total. The molecule has 0 aliphatic rings. The Morgan fingerprint density at radius 3 is 2.52 bits per heavy atom. The Balaban J connectivity index is 2.41. The first-order chi connectivity index (χ1) is 10.1. The van der Waals surface area contributed by atoms with Crippen LogP contribution in [0.3, 0.4) is 0 Å². The third-order valence-electron chi connectivity index (χ3n) is 3.07. The summed E-state index contributed by atoms with van der Waals surface area (Å²) in [4.78, 5) is 8.32. The number of benzene rings is 1. The van der Waals surface area contributed by atoms with Crippen LogP contribution in [0.5, 0.6) is 11.5 Å². The SMILES string of the molecule is COc1ccc(Nc2ncnc(Cl)c2C(C)C)c(OC)c1. The highest BCUT2D eigenvalue weighted by molar-refractivity contribution is 6.30. The van der Waals surface area contributed by atoms with Crippen LogP contribution in [0.4, 0.5) is 11.5 Å². The molecule has 1 aromatic carbocycles. The van der Waals surface area contributed by atoms with Crippen molar-refractivity contribution in [2.24, 2.45) is 0 Å². The van der Waals surface area contributed by atoms with Crippen molar-refractivity contribution < 1.29 is 9.47 Å².